The van der Waals surface area contributed by atoms with Crippen molar-refractivity contribution in [3.05, 3.63) is 69.8 Å². The summed E-state index contributed by atoms with van der Waals surface area (Å²) in [6, 6.07) is 11.8. The molecule has 2 amide bonds. The van der Waals surface area contributed by atoms with Gasteiger partial charge in [-0.15, -0.1) is 0 Å². The molecule has 4 rings (SSSR count). The van der Waals surface area contributed by atoms with Gasteiger partial charge >= 0.3 is 0 Å². The van der Waals surface area contributed by atoms with Crippen LogP contribution in [-0.2, 0) is 19.6 Å². The van der Waals surface area contributed by atoms with Crippen LogP contribution in [0.1, 0.15) is 56.8 Å². The Hall–Kier alpha value is -2.62. The zero-order chi connectivity index (χ0) is 17.3. The maximum Gasteiger partial charge on any atom is 0.254 e. The third-order valence-corrected chi connectivity index (χ3v) is 4.45. The second kappa shape index (κ2) is 6.48. The number of fused-ring (bicyclic) bond motifs is 2. The molecule has 4 nitrogen and oxygen atoms in total. The van der Waals surface area contributed by atoms with Gasteiger partial charge in [0.2, 0.25) is 0 Å². The lowest BCUT2D eigenvalue weighted by atomic mass is 10.0. The van der Waals surface area contributed by atoms with Crippen LogP contribution in [0.2, 0.25) is 0 Å². The molecule has 0 saturated carbocycles. The predicted molar refractivity (Wildman–Crippen MR) is 93.7 cm³/mol. The maximum atomic E-state index is 12.6. The number of aryl methyl sites for hydroxylation is 1. The van der Waals surface area contributed by atoms with Crippen LogP contribution >= 0.6 is 0 Å². The van der Waals surface area contributed by atoms with E-state index >= 15 is 0 Å². The Morgan fingerprint density at radius 1 is 1.08 bits per heavy atom. The highest BCUT2D eigenvalue weighted by Crippen LogP contribution is 2.27. The van der Waals surface area contributed by atoms with E-state index in [1.165, 1.54) is 0 Å². The van der Waals surface area contributed by atoms with E-state index in [2.05, 4.69) is 5.32 Å². The van der Waals surface area contributed by atoms with E-state index < -0.39 is 0 Å². The third kappa shape index (κ3) is 2.68. The molecule has 1 N–H and O–H groups in total. The van der Waals surface area contributed by atoms with Crippen molar-refractivity contribution >= 4 is 11.8 Å². The molecule has 0 fully saturated rings. The molecular weight excluding hydrogens is 300 g/mol. The molecule has 2 aromatic carbocycles. The van der Waals surface area contributed by atoms with Gasteiger partial charge in [-0.2, -0.15) is 0 Å². The van der Waals surface area contributed by atoms with Crippen LogP contribution in [0.15, 0.2) is 36.4 Å². The smallest absolute Gasteiger partial charge is 0.254 e. The molecule has 0 spiro atoms. The lowest BCUT2D eigenvalue weighted by Gasteiger charge is -2.17. The molecule has 2 aliphatic heterocycles. The zero-order valence-electron chi connectivity index (χ0n) is 14.3. The Balaban J connectivity index is 0.000000815. The van der Waals surface area contributed by atoms with Crippen LogP contribution in [0, 0.1) is 6.92 Å². The Bertz CT molecular complexity index is 811. The lowest BCUT2D eigenvalue weighted by molar-refractivity contribution is 0.0766. The summed E-state index contributed by atoms with van der Waals surface area (Å²) in [6.07, 6.45) is 0. The fourth-order valence-electron chi connectivity index (χ4n) is 3.28. The zero-order valence-corrected chi connectivity index (χ0v) is 14.3. The summed E-state index contributed by atoms with van der Waals surface area (Å²) in [6.45, 7) is 7.74. The summed E-state index contributed by atoms with van der Waals surface area (Å²) >= 11 is 0. The number of hydrogen-bond acceptors (Lipinski definition) is 2. The van der Waals surface area contributed by atoms with Crippen molar-refractivity contribution in [2.75, 3.05) is 0 Å². The molecule has 0 bridgehead atoms. The van der Waals surface area contributed by atoms with Crippen molar-refractivity contribution in [1.29, 1.82) is 0 Å². The molecule has 0 unspecified atom stereocenters. The van der Waals surface area contributed by atoms with Crippen LogP contribution in [0.25, 0.3) is 0 Å². The van der Waals surface area contributed by atoms with E-state index in [9.17, 15) is 9.59 Å². The van der Waals surface area contributed by atoms with Crippen molar-refractivity contribution < 1.29 is 9.59 Å². The van der Waals surface area contributed by atoms with Crippen molar-refractivity contribution in [3.63, 3.8) is 0 Å². The highest BCUT2D eigenvalue weighted by atomic mass is 16.2. The van der Waals surface area contributed by atoms with Crippen LogP contribution in [0.4, 0.5) is 0 Å². The van der Waals surface area contributed by atoms with Gasteiger partial charge in [0.15, 0.2) is 0 Å². The van der Waals surface area contributed by atoms with Gasteiger partial charge in [0.05, 0.1) is 0 Å². The molecule has 0 saturated heterocycles. The molecule has 0 aliphatic carbocycles. The van der Waals surface area contributed by atoms with Gasteiger partial charge < -0.3 is 10.2 Å². The first-order valence-corrected chi connectivity index (χ1v) is 8.41. The van der Waals surface area contributed by atoms with E-state index in [0.29, 0.717) is 19.6 Å². The molecule has 0 aromatic heterocycles. The Morgan fingerprint density at radius 2 is 1.88 bits per heavy atom. The number of carbonyl (C=O) groups excluding carboxylic acids is 2. The van der Waals surface area contributed by atoms with Gasteiger partial charge in [0.25, 0.3) is 11.8 Å². The number of hydrogen-bond donors (Lipinski definition) is 1. The summed E-state index contributed by atoms with van der Waals surface area (Å²) in [5.41, 5.74) is 5.79. The fourth-order valence-corrected chi connectivity index (χ4v) is 3.28. The topological polar surface area (TPSA) is 49.4 Å². The standard InChI is InChI=1S/C18H16N2O2.C2H6/c1-11-5-6-13-10-20(18(22)15(13)7-11)9-12-3-2-4-14-16(12)8-19-17(14)21;1-2/h2-7H,8-10H2,1H3,(H,19,21);1-2H3. The molecule has 24 heavy (non-hydrogen) atoms. The SMILES string of the molecule is CC.Cc1ccc2c(c1)C(=O)N(Cc1cccc3c1CNC3=O)C2. The molecule has 0 radical (unpaired) electrons. The van der Waals surface area contributed by atoms with Crippen LogP contribution in [0.5, 0.6) is 0 Å². The second-order valence-electron chi connectivity index (χ2n) is 5.95. The van der Waals surface area contributed by atoms with Gasteiger partial charge in [-0.3, -0.25) is 9.59 Å². The van der Waals surface area contributed by atoms with Crippen LogP contribution in [0.3, 0.4) is 0 Å². The number of benzene rings is 2. The molecule has 4 heteroatoms. The van der Waals surface area contributed by atoms with E-state index in [4.69, 9.17) is 0 Å². The number of amides is 2. The number of carbonyl (C=O) groups is 2. The number of nitrogens with one attached hydrogen (secondary N) is 1. The minimum Gasteiger partial charge on any atom is -0.348 e. The summed E-state index contributed by atoms with van der Waals surface area (Å²) in [5, 5.41) is 2.84. The van der Waals surface area contributed by atoms with Gasteiger partial charge in [-0.25, -0.2) is 0 Å². The Labute approximate surface area is 142 Å². The number of rotatable bonds is 2. The first kappa shape index (κ1) is 16.2. The van der Waals surface area contributed by atoms with Crippen molar-refractivity contribution in [3.8, 4) is 0 Å². The summed E-state index contributed by atoms with van der Waals surface area (Å²) in [5.74, 6) is 0.0529. The van der Waals surface area contributed by atoms with Gasteiger partial charge in [0, 0.05) is 30.8 Å². The minimum atomic E-state index is -0.0245. The fraction of sp³-hybridized carbons (Fsp3) is 0.300. The molecule has 2 heterocycles. The van der Waals surface area contributed by atoms with Gasteiger partial charge in [-0.05, 0) is 35.7 Å². The van der Waals surface area contributed by atoms with Gasteiger partial charge in [0.1, 0.15) is 0 Å². The third-order valence-electron chi connectivity index (χ3n) is 4.45. The first-order valence-electron chi connectivity index (χ1n) is 8.41. The van der Waals surface area contributed by atoms with Crippen LogP contribution in [-0.4, -0.2) is 16.7 Å². The minimum absolute atomic E-state index is 0.0245. The van der Waals surface area contributed by atoms with Crippen molar-refractivity contribution in [2.24, 2.45) is 0 Å². The van der Waals surface area contributed by atoms with E-state index in [0.717, 1.165) is 33.4 Å². The molecule has 2 aliphatic rings. The summed E-state index contributed by atoms with van der Waals surface area (Å²) < 4.78 is 0. The number of nitrogens with zero attached hydrogens (tertiary/aromatic N) is 1. The monoisotopic (exact) mass is 322 g/mol. The van der Waals surface area contributed by atoms with Crippen LogP contribution < -0.4 is 5.32 Å². The normalized spacial score (nSPS) is 14.7. The van der Waals surface area contributed by atoms with Crippen molar-refractivity contribution in [2.45, 2.75) is 40.4 Å². The molecule has 2 aromatic rings. The second-order valence-corrected chi connectivity index (χ2v) is 5.95. The quantitative estimate of drug-likeness (QED) is 0.921. The average Bonchev–Trinajstić information content (AvgIpc) is 3.12. The van der Waals surface area contributed by atoms with E-state index in [-0.39, 0.29) is 11.8 Å². The summed E-state index contributed by atoms with van der Waals surface area (Å²) in [4.78, 5) is 26.2. The maximum absolute atomic E-state index is 12.6. The summed E-state index contributed by atoms with van der Waals surface area (Å²) in [7, 11) is 0. The Morgan fingerprint density at radius 3 is 2.67 bits per heavy atom. The largest absolute Gasteiger partial charge is 0.348 e. The molecule has 124 valence electrons. The van der Waals surface area contributed by atoms with Crippen molar-refractivity contribution in [1.82, 2.24) is 10.2 Å². The predicted octanol–water partition coefficient (Wildman–Crippen LogP) is 3.42. The first-order chi connectivity index (χ1) is 11.6. The average molecular weight is 322 g/mol. The van der Waals surface area contributed by atoms with E-state index in [1.54, 1.807) is 0 Å². The molecular formula is C20H22N2O2. The molecule has 0 atom stereocenters. The highest BCUT2D eigenvalue weighted by Gasteiger charge is 2.29. The Kier molecular flexibility index (Phi) is 4.38. The van der Waals surface area contributed by atoms with E-state index in [1.807, 2.05) is 62.1 Å². The van der Waals surface area contributed by atoms with Gasteiger partial charge in [-0.1, -0.05) is 43.7 Å². The lowest BCUT2D eigenvalue weighted by Crippen LogP contribution is -2.24. The highest BCUT2D eigenvalue weighted by molar-refractivity contribution is 5.99.